The summed E-state index contributed by atoms with van der Waals surface area (Å²) in [6.45, 7) is 4.38. The molecule has 0 aromatic heterocycles. The topological polar surface area (TPSA) is 12.0 Å². The van der Waals surface area contributed by atoms with E-state index < -0.39 is 0 Å². The van der Waals surface area contributed by atoms with Crippen molar-refractivity contribution in [2.45, 2.75) is 32.7 Å². The van der Waals surface area contributed by atoms with Crippen molar-refractivity contribution >= 4 is 15.9 Å². The molecule has 0 aliphatic heterocycles. The third-order valence-electron chi connectivity index (χ3n) is 3.17. The van der Waals surface area contributed by atoms with Crippen LogP contribution in [-0.2, 0) is 6.42 Å². The van der Waals surface area contributed by atoms with Gasteiger partial charge in [0.1, 0.15) is 5.82 Å². The maximum Gasteiger partial charge on any atom is 0.137 e. The number of nitrogens with one attached hydrogen (secondary N) is 1. The van der Waals surface area contributed by atoms with Crippen molar-refractivity contribution in [1.29, 1.82) is 0 Å². The van der Waals surface area contributed by atoms with Crippen LogP contribution in [0.2, 0.25) is 0 Å². The fourth-order valence-electron chi connectivity index (χ4n) is 1.88. The Bertz CT molecular complexity index is 341. The summed E-state index contributed by atoms with van der Waals surface area (Å²) in [7, 11) is 1.98. The lowest BCUT2D eigenvalue weighted by Gasteiger charge is -2.22. The molecule has 0 spiro atoms. The van der Waals surface area contributed by atoms with E-state index in [2.05, 4.69) is 35.1 Å². The second-order valence-corrected chi connectivity index (χ2v) is 5.05. The summed E-state index contributed by atoms with van der Waals surface area (Å²) in [5.74, 6) is 0.390. The molecule has 0 aliphatic carbocycles. The van der Waals surface area contributed by atoms with Crippen molar-refractivity contribution in [1.82, 2.24) is 5.32 Å². The lowest BCUT2D eigenvalue weighted by atomic mass is 9.91. The van der Waals surface area contributed by atoms with Crippen LogP contribution in [-0.4, -0.2) is 13.1 Å². The summed E-state index contributed by atoms with van der Waals surface area (Å²) < 4.78 is 13.6. The summed E-state index contributed by atoms with van der Waals surface area (Å²) in [5, 5.41) is 3.28. The van der Waals surface area contributed by atoms with Gasteiger partial charge in [-0.15, -0.1) is 0 Å². The molecule has 2 atom stereocenters. The predicted octanol–water partition coefficient (Wildman–Crippen LogP) is 3.76. The summed E-state index contributed by atoms with van der Waals surface area (Å²) >= 11 is 3.22. The highest BCUT2D eigenvalue weighted by molar-refractivity contribution is 9.10. The zero-order valence-corrected chi connectivity index (χ0v) is 11.6. The van der Waals surface area contributed by atoms with Crippen molar-refractivity contribution in [2.75, 3.05) is 7.05 Å². The average Bonchev–Trinajstić information content (AvgIpc) is 2.29. The third kappa shape index (κ3) is 3.56. The van der Waals surface area contributed by atoms with Gasteiger partial charge in [0.25, 0.3) is 0 Å². The Morgan fingerprint density at radius 2 is 2.12 bits per heavy atom. The summed E-state index contributed by atoms with van der Waals surface area (Å²) in [6, 6.07) is 5.75. The molecule has 0 aliphatic rings. The van der Waals surface area contributed by atoms with Crippen molar-refractivity contribution in [3.63, 3.8) is 0 Å². The maximum atomic E-state index is 13.1. The molecule has 0 amide bonds. The Morgan fingerprint density at radius 1 is 1.44 bits per heavy atom. The fourth-order valence-corrected chi connectivity index (χ4v) is 2.31. The molecule has 16 heavy (non-hydrogen) atoms. The van der Waals surface area contributed by atoms with Gasteiger partial charge in [-0.2, -0.15) is 0 Å². The van der Waals surface area contributed by atoms with Crippen LogP contribution in [0, 0.1) is 11.7 Å². The highest BCUT2D eigenvalue weighted by atomic mass is 79.9. The Morgan fingerprint density at radius 3 is 2.62 bits per heavy atom. The van der Waals surface area contributed by atoms with Crippen LogP contribution in [0.4, 0.5) is 4.39 Å². The van der Waals surface area contributed by atoms with Gasteiger partial charge in [-0.05, 0) is 59.9 Å². The molecule has 2 unspecified atom stereocenters. The van der Waals surface area contributed by atoms with E-state index in [1.165, 1.54) is 11.6 Å². The normalized spacial score (nSPS) is 14.8. The smallest absolute Gasteiger partial charge is 0.137 e. The largest absolute Gasteiger partial charge is 0.317 e. The van der Waals surface area contributed by atoms with Gasteiger partial charge in [0.05, 0.1) is 4.47 Å². The number of hydrogen-bond acceptors (Lipinski definition) is 1. The predicted molar refractivity (Wildman–Crippen MR) is 70.1 cm³/mol. The molecule has 1 rings (SSSR count). The minimum atomic E-state index is -0.196. The zero-order chi connectivity index (χ0) is 12.1. The van der Waals surface area contributed by atoms with E-state index in [0.717, 1.165) is 12.8 Å². The molecule has 0 radical (unpaired) electrons. The number of rotatable bonds is 5. The second-order valence-electron chi connectivity index (χ2n) is 4.20. The van der Waals surface area contributed by atoms with Crippen LogP contribution >= 0.6 is 15.9 Å². The molecule has 3 heteroatoms. The molecule has 1 nitrogen and oxygen atoms in total. The average molecular weight is 288 g/mol. The minimum absolute atomic E-state index is 0.196. The molecule has 0 heterocycles. The van der Waals surface area contributed by atoms with Crippen molar-refractivity contribution in [2.24, 2.45) is 5.92 Å². The monoisotopic (exact) mass is 287 g/mol. The van der Waals surface area contributed by atoms with Gasteiger partial charge in [-0.1, -0.05) is 19.4 Å². The molecule has 0 fully saturated rings. The second kappa shape index (κ2) is 6.36. The summed E-state index contributed by atoms with van der Waals surface area (Å²) in [6.07, 6.45) is 2.11. The van der Waals surface area contributed by atoms with Crippen molar-refractivity contribution in [3.05, 3.63) is 34.1 Å². The Hall–Kier alpha value is -0.410. The highest BCUT2D eigenvalue weighted by Gasteiger charge is 2.14. The first-order valence-electron chi connectivity index (χ1n) is 5.69. The zero-order valence-electron chi connectivity index (χ0n) is 10.1. The van der Waals surface area contributed by atoms with Crippen molar-refractivity contribution in [3.8, 4) is 0 Å². The van der Waals surface area contributed by atoms with E-state index in [4.69, 9.17) is 0 Å². The van der Waals surface area contributed by atoms with Crippen LogP contribution in [0.15, 0.2) is 22.7 Å². The lowest BCUT2D eigenvalue weighted by molar-refractivity contribution is 0.381. The van der Waals surface area contributed by atoms with Gasteiger partial charge in [0.15, 0.2) is 0 Å². The van der Waals surface area contributed by atoms with Crippen LogP contribution in [0.25, 0.3) is 0 Å². The van der Waals surface area contributed by atoms with Crippen LogP contribution in [0.1, 0.15) is 25.8 Å². The SMILES string of the molecule is CCC(Cc1ccc(F)c(Br)c1)C(C)NC. The van der Waals surface area contributed by atoms with Gasteiger partial charge in [0, 0.05) is 6.04 Å². The molecular formula is C13H19BrFN. The number of halogens is 2. The maximum absolute atomic E-state index is 13.1. The first-order valence-corrected chi connectivity index (χ1v) is 6.49. The molecular weight excluding hydrogens is 269 g/mol. The fraction of sp³-hybridized carbons (Fsp3) is 0.538. The molecule has 0 saturated heterocycles. The Labute approximate surface area is 106 Å². The molecule has 1 N–H and O–H groups in total. The third-order valence-corrected chi connectivity index (χ3v) is 3.78. The first kappa shape index (κ1) is 13.7. The van der Waals surface area contributed by atoms with Gasteiger partial charge in [-0.3, -0.25) is 0 Å². The van der Waals surface area contributed by atoms with E-state index in [1.54, 1.807) is 0 Å². The molecule has 90 valence electrons. The minimum Gasteiger partial charge on any atom is -0.317 e. The number of benzene rings is 1. The van der Waals surface area contributed by atoms with Gasteiger partial charge >= 0.3 is 0 Å². The molecule has 1 aromatic carbocycles. The summed E-state index contributed by atoms with van der Waals surface area (Å²) in [5.41, 5.74) is 1.18. The molecule has 0 saturated carbocycles. The van der Waals surface area contributed by atoms with E-state index in [1.807, 2.05) is 19.2 Å². The van der Waals surface area contributed by atoms with Gasteiger partial charge in [0.2, 0.25) is 0 Å². The van der Waals surface area contributed by atoms with E-state index in [9.17, 15) is 4.39 Å². The van der Waals surface area contributed by atoms with E-state index in [-0.39, 0.29) is 5.82 Å². The summed E-state index contributed by atoms with van der Waals surface area (Å²) in [4.78, 5) is 0. The van der Waals surface area contributed by atoms with Crippen LogP contribution in [0.5, 0.6) is 0 Å². The Kier molecular flexibility index (Phi) is 5.42. The van der Waals surface area contributed by atoms with Crippen LogP contribution in [0.3, 0.4) is 0 Å². The molecule has 1 aromatic rings. The highest BCUT2D eigenvalue weighted by Crippen LogP contribution is 2.21. The van der Waals surface area contributed by atoms with Gasteiger partial charge < -0.3 is 5.32 Å². The lowest BCUT2D eigenvalue weighted by Crippen LogP contribution is -2.31. The van der Waals surface area contributed by atoms with E-state index in [0.29, 0.717) is 16.4 Å². The molecule has 0 bridgehead atoms. The standard InChI is InChI=1S/C13H19BrFN/c1-4-11(9(2)16-3)7-10-5-6-13(15)12(14)8-10/h5-6,8-9,11,16H,4,7H2,1-3H3. The van der Waals surface area contributed by atoms with Gasteiger partial charge in [-0.25, -0.2) is 4.39 Å². The van der Waals surface area contributed by atoms with E-state index >= 15 is 0 Å². The van der Waals surface area contributed by atoms with Crippen LogP contribution < -0.4 is 5.32 Å². The number of hydrogen-bond donors (Lipinski definition) is 1. The van der Waals surface area contributed by atoms with Crippen molar-refractivity contribution < 1.29 is 4.39 Å². The first-order chi connectivity index (χ1) is 7.58. The quantitative estimate of drug-likeness (QED) is 0.869. The Balaban J connectivity index is 2.74.